The van der Waals surface area contributed by atoms with Crippen LogP contribution in [0, 0.1) is 70.9 Å². The third-order valence-electron chi connectivity index (χ3n) is 20.9. The first-order valence-corrected chi connectivity index (χ1v) is 47.2. The van der Waals surface area contributed by atoms with Gasteiger partial charge in [-0.1, -0.05) is 17.2 Å². The van der Waals surface area contributed by atoms with E-state index >= 15 is 0 Å². The summed E-state index contributed by atoms with van der Waals surface area (Å²) in [5.74, 6) is -5.53. The van der Waals surface area contributed by atoms with Crippen molar-refractivity contribution in [1.29, 1.82) is 0 Å². The number of aromatic nitrogens is 7. The van der Waals surface area contributed by atoms with Crippen LogP contribution in [0.3, 0.4) is 0 Å². The van der Waals surface area contributed by atoms with Crippen molar-refractivity contribution in [3.63, 3.8) is 0 Å². The van der Waals surface area contributed by atoms with Gasteiger partial charge in [-0.05, 0) is 279 Å². The van der Waals surface area contributed by atoms with Gasteiger partial charge in [0.05, 0.1) is 58.9 Å². The van der Waals surface area contributed by atoms with Crippen LogP contribution in [0.2, 0.25) is 5.02 Å². The molecule has 34 heteroatoms. The summed E-state index contributed by atoms with van der Waals surface area (Å²) < 4.78 is 223. The Bertz CT molecular complexity index is 7380. The second kappa shape index (κ2) is 45.1. The zero-order valence-electron chi connectivity index (χ0n) is 89.1. The minimum Gasteiger partial charge on any atom is -0.488 e. The molecule has 788 valence electrons. The molecule has 0 N–H and O–H groups in total. The Kier molecular flexibility index (Phi) is 35.8. The predicted octanol–water partition coefficient (Wildman–Crippen LogP) is 30.9. The lowest BCUT2D eigenvalue weighted by molar-refractivity contribution is 0.0939. The van der Waals surface area contributed by atoms with Crippen LogP contribution in [0.5, 0.6) is 46.0 Å². The zero-order chi connectivity index (χ0) is 110. The highest BCUT2D eigenvalue weighted by molar-refractivity contribution is 6.37. The number of carbonyl (C=O) groups excluding carboxylic acids is 4. The lowest BCUT2D eigenvalue weighted by Gasteiger charge is -2.22. The normalized spacial score (nSPS) is 12.3. The van der Waals surface area contributed by atoms with Gasteiger partial charge in [-0.2, -0.15) is 0 Å². The van der Waals surface area contributed by atoms with Gasteiger partial charge >= 0.3 is 18.3 Å². The summed E-state index contributed by atoms with van der Waals surface area (Å²) in [6, 6.07) is 29.2. The second-order valence-electron chi connectivity index (χ2n) is 42.6. The van der Waals surface area contributed by atoms with E-state index in [9.17, 15) is 67.5 Å². The molecule has 7 heterocycles. The Morgan fingerprint density at radius 2 is 0.747 bits per heavy atom. The van der Waals surface area contributed by atoms with Gasteiger partial charge in [0.2, 0.25) is 5.91 Å². The van der Waals surface area contributed by atoms with Crippen LogP contribution in [0.4, 0.5) is 62.7 Å². The number of allylic oxidation sites excluding steroid dienone is 2. The summed E-state index contributed by atoms with van der Waals surface area (Å²) in [6.45, 7) is 52.9. The van der Waals surface area contributed by atoms with Crippen molar-refractivity contribution >= 4 is 118 Å². The van der Waals surface area contributed by atoms with Crippen molar-refractivity contribution in [3.05, 3.63) is 244 Å². The maximum Gasteiger partial charge on any atom is 0.418 e. The first-order chi connectivity index (χ1) is 67.2. The van der Waals surface area contributed by atoms with Crippen LogP contribution >= 0.6 is 11.6 Å². The third-order valence-corrected chi connectivity index (χ3v) is 21.3. The highest BCUT2D eigenvalue weighted by atomic mass is 35.5. The van der Waals surface area contributed by atoms with Gasteiger partial charge in [0.15, 0.2) is 86.9 Å². The molecule has 0 spiro atoms. The van der Waals surface area contributed by atoms with E-state index in [-0.39, 0.29) is 79.9 Å². The molecule has 7 aromatic heterocycles. The van der Waals surface area contributed by atoms with Crippen LogP contribution in [0.1, 0.15) is 215 Å². The maximum absolute atomic E-state index is 14.4. The number of fused-ring (bicyclic) bond motifs is 8. The van der Waals surface area contributed by atoms with Gasteiger partial charge in [0.1, 0.15) is 67.9 Å². The van der Waals surface area contributed by atoms with Gasteiger partial charge < -0.3 is 65.8 Å². The summed E-state index contributed by atoms with van der Waals surface area (Å²) >= 11 is 6.32. The van der Waals surface area contributed by atoms with Crippen molar-refractivity contribution in [3.8, 4) is 46.0 Å². The first kappa shape index (κ1) is 116. The molecule has 0 bridgehead atoms. The van der Waals surface area contributed by atoms with Crippen LogP contribution in [-0.2, 0) is 41.8 Å². The molecular formula is C112H131ClF11N7O15. The van der Waals surface area contributed by atoms with Crippen LogP contribution in [0.15, 0.2) is 158 Å². The number of hydrogen-bond acceptors (Lipinski definition) is 15. The summed E-state index contributed by atoms with van der Waals surface area (Å²) in [5.41, 5.74) is 2.22. The van der Waals surface area contributed by atoms with E-state index in [1.54, 1.807) is 167 Å². The number of aryl methyl sites for hydroxylation is 4. The maximum atomic E-state index is 14.4. The highest BCUT2D eigenvalue weighted by Gasteiger charge is 2.32. The van der Waals surface area contributed by atoms with Crippen LogP contribution in [0.25, 0.3) is 81.9 Å². The Labute approximate surface area is 848 Å². The van der Waals surface area contributed by atoms with Crippen molar-refractivity contribution in [2.45, 2.75) is 252 Å². The quantitative estimate of drug-likeness (QED) is 0.0974. The molecule has 1 aliphatic rings. The van der Waals surface area contributed by atoms with Crippen molar-refractivity contribution in [2.24, 2.45) is 21.1 Å². The summed E-state index contributed by atoms with van der Waals surface area (Å²) in [4.78, 5) is 46.3. The number of carbonyl (C=O) groups is 4. The average Bonchev–Trinajstić information content (AvgIpc) is 1.61. The van der Waals surface area contributed by atoms with Gasteiger partial charge in [0.25, 0.3) is 0 Å². The average molecular weight is 2060 g/mol. The number of hydrogen-bond donors (Lipinski definition) is 0. The highest BCUT2D eigenvalue weighted by Crippen LogP contribution is 2.43. The molecule has 1 aliphatic carbocycles. The van der Waals surface area contributed by atoms with E-state index in [4.69, 9.17) is 54.2 Å². The van der Waals surface area contributed by atoms with Gasteiger partial charge in [-0.25, -0.2) is 67.2 Å². The third kappa shape index (κ3) is 29.4. The fraction of sp³-hybridized carbons (Fsp3) is 0.393. The van der Waals surface area contributed by atoms with E-state index in [2.05, 4.69) is 9.47 Å². The molecule has 0 saturated carbocycles. The van der Waals surface area contributed by atoms with Gasteiger partial charge in [0, 0.05) is 168 Å². The number of halogens is 12. The SMILES string of the molecule is CC(=O)n1ccc2cc(OC(C)(C)C)cc(F)c21.CC1=C(C)c2c(F)c(OC(C)(C)C)cc(F)c2C1.CCOC(=O)n1c(C)cc2cc(OC(C)(C)C)cc(F)c21.COC(=O)n1ccc2c(F)c(OC(C)(C)C)c(F)cc21.COC(=O)n1ccc2cc(OC(C)(C)C)c(F)cc21.Cn1ccc2c(Cl)c(OC(C)(C)C)ccc21.Cn1ccc2c(F)c(OC(C)(C)C)c(F)cc21.Cn1ccc2c(F)c(OC(C)(C)C)cc(F)c21. The van der Waals surface area contributed by atoms with Gasteiger partial charge in [-0.3, -0.25) is 18.5 Å². The molecule has 0 amide bonds. The van der Waals surface area contributed by atoms with E-state index in [1.165, 1.54) is 77.6 Å². The molecule has 0 aliphatic heterocycles. The first-order valence-electron chi connectivity index (χ1n) is 46.8. The summed E-state index contributed by atoms with van der Waals surface area (Å²) in [5, 5.41) is 4.41. The Balaban J connectivity index is 0.000000186. The fourth-order valence-corrected chi connectivity index (χ4v) is 15.5. The molecule has 16 rings (SSSR count). The second-order valence-corrected chi connectivity index (χ2v) is 43.0. The number of nitrogens with zero attached hydrogens (tertiary/aromatic N) is 7. The fourth-order valence-electron chi connectivity index (χ4n) is 15.2. The monoisotopic (exact) mass is 2060 g/mol. The summed E-state index contributed by atoms with van der Waals surface area (Å²) in [7, 11) is 7.89. The van der Waals surface area contributed by atoms with Crippen LogP contribution < -0.4 is 37.9 Å². The van der Waals surface area contributed by atoms with E-state index in [0.717, 1.165) is 50.6 Å². The van der Waals surface area contributed by atoms with Gasteiger partial charge in [-0.15, -0.1) is 0 Å². The Morgan fingerprint density at radius 1 is 0.342 bits per heavy atom. The summed E-state index contributed by atoms with van der Waals surface area (Å²) in [6.07, 6.45) is 8.37. The molecule has 0 unspecified atom stereocenters. The topological polar surface area (TPSA) is 204 Å². The molecule has 8 aromatic carbocycles. The van der Waals surface area contributed by atoms with Crippen LogP contribution in [-0.4, -0.2) is 122 Å². The molecule has 22 nitrogen and oxygen atoms in total. The predicted molar refractivity (Wildman–Crippen MR) is 552 cm³/mol. The standard InChI is InChI=1S/C16H20FNO3.C15H18F2O.C14H15F2NO3.C14H16FNO3.C14H16FNO2.C13H16ClNO.2C13H15F2NO/c1-6-20-15(19)18-10(2)7-11-8-12(21-16(3,4)5)9-13(17)14(11)18;1-8-6-10-11(16)7-12(18-15(3,4)5)14(17)13(10)9(8)2;1-14(2,3)20-12-9(15)7-10-8(11(12)16)5-6-17(10)13(18)19-4;1-14(2,3)19-12-7-9-5-6-16(13(17)18-4)11(9)8-10(12)15;1-9(17)16-6-5-10-7-11(18-14(2,3)4)8-12(15)13(10)16;1-13(2,3)16-11-6-5-10-9(12(11)14)7-8-15(10)4;1-13(2,3)17-10-7-9(14)12-8(11(10)15)5-6-16(12)4;1-13(2,3)17-12-9(14)7-10-8(11(12)15)5-6-16(10)4/h7-9H,6H2,1-5H3;7H,6H2,1-5H3;5-7H,1-4H3;5-8H,1-4H3;5-8H,1-4H3;5-8H,1-4H3;2*5-7H,1-4H3. The molecule has 0 saturated heterocycles. The van der Waals surface area contributed by atoms with Crippen molar-refractivity contribution < 1.29 is 120 Å². The van der Waals surface area contributed by atoms with E-state index in [0.29, 0.717) is 77.9 Å². The number of ether oxygens (including phenoxy) is 11. The molecule has 146 heavy (non-hydrogen) atoms. The van der Waals surface area contributed by atoms with E-state index < -0.39 is 116 Å². The number of rotatable bonds is 9. The minimum atomic E-state index is -0.867. The zero-order valence-corrected chi connectivity index (χ0v) is 89.9. The molecular weight excluding hydrogens is 1930 g/mol. The Hall–Kier alpha value is -13.7. The van der Waals surface area contributed by atoms with Crippen molar-refractivity contribution in [2.75, 3.05) is 20.8 Å². The molecule has 0 atom stereocenters. The van der Waals surface area contributed by atoms with E-state index in [1.807, 2.05) is 154 Å². The molecule has 15 aromatic rings. The minimum absolute atomic E-state index is 0.00667. The van der Waals surface area contributed by atoms with Crippen molar-refractivity contribution in [1.82, 2.24) is 32.0 Å². The Morgan fingerprint density at radius 3 is 1.25 bits per heavy atom. The lowest BCUT2D eigenvalue weighted by atomic mass is 10.0. The number of methoxy groups -OCH3 is 2. The lowest BCUT2D eigenvalue weighted by Crippen LogP contribution is -2.24. The molecule has 0 fully saturated rings. The molecule has 0 radical (unpaired) electrons. The number of benzene rings is 8. The largest absolute Gasteiger partial charge is 0.488 e. The smallest absolute Gasteiger partial charge is 0.418 e.